The maximum absolute atomic E-state index is 12.8. The number of aryl methyl sites for hydroxylation is 3. The number of anilines is 1. The second-order valence-electron chi connectivity index (χ2n) is 5.81. The first-order chi connectivity index (χ1) is 11.9. The number of hydrogen-bond acceptors (Lipinski definition) is 4. The topological polar surface area (TPSA) is 81.3 Å². The number of benzene rings is 2. The lowest BCUT2D eigenvalue weighted by Gasteiger charge is -2.14. The van der Waals surface area contributed by atoms with Crippen LogP contribution in [0.15, 0.2) is 50.5 Å². The van der Waals surface area contributed by atoms with Gasteiger partial charge in [0.15, 0.2) is 5.58 Å². The van der Waals surface area contributed by atoms with Crippen molar-refractivity contribution in [3.63, 3.8) is 0 Å². The van der Waals surface area contributed by atoms with E-state index in [9.17, 15) is 13.2 Å². The quantitative estimate of drug-likeness (QED) is 0.757. The molecule has 0 unspecified atom stereocenters. The van der Waals surface area contributed by atoms with E-state index >= 15 is 0 Å². The van der Waals surface area contributed by atoms with Gasteiger partial charge in [0, 0.05) is 12.6 Å². The number of rotatable bonds is 5. The van der Waals surface area contributed by atoms with Crippen LogP contribution < -0.4 is 10.5 Å². The van der Waals surface area contributed by atoms with Crippen molar-refractivity contribution in [1.82, 2.24) is 4.57 Å². The molecule has 0 saturated heterocycles. The summed E-state index contributed by atoms with van der Waals surface area (Å²) in [5, 5.41) is 0. The highest BCUT2D eigenvalue weighted by Gasteiger charge is 2.19. The zero-order chi connectivity index (χ0) is 18.2. The average Bonchev–Trinajstić information content (AvgIpc) is 2.90. The van der Waals surface area contributed by atoms with E-state index in [4.69, 9.17) is 4.42 Å². The summed E-state index contributed by atoms with van der Waals surface area (Å²) in [6.07, 6.45) is 0.715. The van der Waals surface area contributed by atoms with Crippen LogP contribution in [0.4, 0.5) is 5.69 Å². The maximum atomic E-state index is 12.8. The second-order valence-corrected chi connectivity index (χ2v) is 7.49. The first kappa shape index (κ1) is 17.3. The van der Waals surface area contributed by atoms with E-state index in [1.54, 1.807) is 6.07 Å². The van der Waals surface area contributed by atoms with Crippen LogP contribution in [0.3, 0.4) is 0 Å². The first-order valence-electron chi connectivity index (χ1n) is 8.12. The molecule has 3 rings (SSSR count). The molecule has 0 amide bonds. The summed E-state index contributed by atoms with van der Waals surface area (Å²) in [5.41, 5.74) is 3.21. The normalized spacial score (nSPS) is 11.8. The van der Waals surface area contributed by atoms with Crippen molar-refractivity contribution in [3.05, 3.63) is 58.1 Å². The van der Waals surface area contributed by atoms with Gasteiger partial charge in [-0.15, -0.1) is 0 Å². The van der Waals surface area contributed by atoms with Gasteiger partial charge in [0.25, 0.3) is 10.0 Å². The van der Waals surface area contributed by atoms with Gasteiger partial charge in [0.1, 0.15) is 0 Å². The Morgan fingerprint density at radius 2 is 1.92 bits per heavy atom. The zero-order valence-electron chi connectivity index (χ0n) is 14.4. The van der Waals surface area contributed by atoms with Gasteiger partial charge in [-0.1, -0.05) is 25.1 Å². The SMILES string of the molecule is CCc1cccc(C)c1NS(=O)(=O)c1ccc2c(c1)oc(=O)n2CC. The standard InChI is InChI=1S/C18H20N2O4S/c1-4-13-8-6-7-12(3)17(13)19-25(22,23)14-9-10-15-16(11-14)24-18(21)20(15)5-2/h6-11,19H,4-5H2,1-3H3. The lowest BCUT2D eigenvalue weighted by atomic mass is 10.1. The fraction of sp³-hybridized carbons (Fsp3) is 0.278. The van der Waals surface area contributed by atoms with Crippen molar-refractivity contribution in [2.45, 2.75) is 38.6 Å². The van der Waals surface area contributed by atoms with Gasteiger partial charge in [0.05, 0.1) is 16.1 Å². The third-order valence-electron chi connectivity index (χ3n) is 4.24. The molecule has 0 fully saturated rings. The summed E-state index contributed by atoms with van der Waals surface area (Å²) in [6, 6.07) is 10.1. The van der Waals surface area contributed by atoms with Crippen LogP contribution in [0.2, 0.25) is 0 Å². The van der Waals surface area contributed by atoms with Crippen LogP contribution in [-0.4, -0.2) is 13.0 Å². The fourth-order valence-electron chi connectivity index (χ4n) is 2.88. The summed E-state index contributed by atoms with van der Waals surface area (Å²) < 4.78 is 34.9. The molecule has 0 aliphatic carbocycles. The van der Waals surface area contributed by atoms with Crippen LogP contribution >= 0.6 is 0 Å². The predicted octanol–water partition coefficient (Wildman–Crippen LogP) is 3.29. The van der Waals surface area contributed by atoms with E-state index in [1.807, 2.05) is 39.0 Å². The largest absolute Gasteiger partial charge is 0.419 e. The Labute approximate surface area is 146 Å². The van der Waals surface area contributed by atoms with Gasteiger partial charge in [-0.2, -0.15) is 0 Å². The minimum Gasteiger partial charge on any atom is -0.408 e. The summed E-state index contributed by atoms with van der Waals surface area (Å²) in [6.45, 7) is 6.12. The molecule has 2 aromatic carbocycles. The minimum absolute atomic E-state index is 0.0577. The molecule has 25 heavy (non-hydrogen) atoms. The number of oxazole rings is 1. The van der Waals surface area contributed by atoms with E-state index < -0.39 is 15.8 Å². The third-order valence-corrected chi connectivity index (χ3v) is 5.59. The first-order valence-corrected chi connectivity index (χ1v) is 9.60. The van der Waals surface area contributed by atoms with E-state index in [0.29, 0.717) is 24.2 Å². The van der Waals surface area contributed by atoms with E-state index in [2.05, 4.69) is 4.72 Å². The Balaban J connectivity index is 2.07. The second kappa shape index (κ2) is 6.40. The van der Waals surface area contributed by atoms with E-state index in [-0.39, 0.29) is 10.5 Å². The van der Waals surface area contributed by atoms with Gasteiger partial charge in [-0.3, -0.25) is 9.29 Å². The summed E-state index contributed by atoms with van der Waals surface area (Å²) in [7, 11) is -3.79. The summed E-state index contributed by atoms with van der Waals surface area (Å²) in [5.74, 6) is -0.493. The molecule has 0 aliphatic heterocycles. The highest BCUT2D eigenvalue weighted by atomic mass is 32.2. The maximum Gasteiger partial charge on any atom is 0.419 e. The Morgan fingerprint density at radius 1 is 1.16 bits per heavy atom. The van der Waals surface area contributed by atoms with Gasteiger partial charge in [0.2, 0.25) is 0 Å². The van der Waals surface area contributed by atoms with Crippen molar-refractivity contribution >= 4 is 26.8 Å². The molecule has 7 heteroatoms. The predicted molar refractivity (Wildman–Crippen MR) is 97.5 cm³/mol. The molecular weight excluding hydrogens is 340 g/mol. The molecule has 3 aromatic rings. The van der Waals surface area contributed by atoms with Crippen molar-refractivity contribution < 1.29 is 12.8 Å². The molecule has 0 aliphatic rings. The van der Waals surface area contributed by atoms with Crippen molar-refractivity contribution in [1.29, 1.82) is 0 Å². The monoisotopic (exact) mass is 360 g/mol. The van der Waals surface area contributed by atoms with E-state index in [0.717, 1.165) is 11.1 Å². The number of fused-ring (bicyclic) bond motifs is 1. The Bertz CT molecular complexity index is 1090. The summed E-state index contributed by atoms with van der Waals surface area (Å²) in [4.78, 5) is 11.8. The number of sulfonamides is 1. The highest BCUT2D eigenvalue weighted by Crippen LogP contribution is 2.26. The fourth-order valence-corrected chi connectivity index (χ4v) is 4.06. The van der Waals surface area contributed by atoms with Gasteiger partial charge in [-0.05, 0) is 43.5 Å². The van der Waals surface area contributed by atoms with Crippen LogP contribution in [-0.2, 0) is 23.0 Å². The Hall–Kier alpha value is -2.54. The molecule has 0 spiro atoms. The lowest BCUT2D eigenvalue weighted by Crippen LogP contribution is -2.15. The van der Waals surface area contributed by atoms with Crippen LogP contribution in [0.25, 0.3) is 11.1 Å². The molecule has 1 N–H and O–H groups in total. The number of aromatic nitrogens is 1. The lowest BCUT2D eigenvalue weighted by molar-refractivity contribution is 0.512. The van der Waals surface area contributed by atoms with Crippen molar-refractivity contribution in [2.75, 3.05) is 4.72 Å². The molecule has 1 heterocycles. The molecule has 132 valence electrons. The molecule has 0 bridgehead atoms. The molecule has 0 atom stereocenters. The van der Waals surface area contributed by atoms with Crippen LogP contribution in [0.5, 0.6) is 0 Å². The van der Waals surface area contributed by atoms with Gasteiger partial charge in [-0.25, -0.2) is 13.2 Å². The van der Waals surface area contributed by atoms with Crippen LogP contribution in [0.1, 0.15) is 25.0 Å². The third kappa shape index (κ3) is 3.07. The van der Waals surface area contributed by atoms with Gasteiger partial charge >= 0.3 is 5.76 Å². The van der Waals surface area contributed by atoms with Crippen LogP contribution in [0, 0.1) is 6.92 Å². The van der Waals surface area contributed by atoms with Crippen molar-refractivity contribution in [2.24, 2.45) is 0 Å². The Kier molecular flexibility index (Phi) is 4.43. The molecule has 0 radical (unpaired) electrons. The smallest absolute Gasteiger partial charge is 0.408 e. The zero-order valence-corrected chi connectivity index (χ0v) is 15.2. The Morgan fingerprint density at radius 3 is 2.60 bits per heavy atom. The average molecular weight is 360 g/mol. The molecule has 6 nitrogen and oxygen atoms in total. The highest BCUT2D eigenvalue weighted by molar-refractivity contribution is 7.92. The van der Waals surface area contributed by atoms with Crippen molar-refractivity contribution in [3.8, 4) is 0 Å². The molecule has 1 aromatic heterocycles. The molecular formula is C18H20N2O4S. The number of nitrogens with one attached hydrogen (secondary N) is 1. The number of hydrogen-bond donors (Lipinski definition) is 1. The number of nitrogens with zero attached hydrogens (tertiary/aromatic N) is 1. The van der Waals surface area contributed by atoms with E-state index in [1.165, 1.54) is 16.7 Å². The number of para-hydroxylation sites is 1. The summed E-state index contributed by atoms with van der Waals surface area (Å²) >= 11 is 0. The van der Waals surface area contributed by atoms with Gasteiger partial charge < -0.3 is 4.42 Å². The molecule has 0 saturated carbocycles. The minimum atomic E-state index is -3.79.